The maximum absolute atomic E-state index is 12.4. The Morgan fingerprint density at radius 3 is 2.32 bits per heavy atom. The van der Waals surface area contributed by atoms with Crippen molar-refractivity contribution >= 4 is 11.8 Å². The number of aliphatic hydroxyl groups is 2. The Hall–Kier alpha value is -0.940. The molecule has 4 fully saturated rings. The SMILES string of the molecule is CC(=O)O[C@H]1CC[C@@]2(C)[C@@H](CC[C@H]3[C@H]2CC[C@]2(C)[C@H]3C[C@@H](O)[C@]2(O)C(C)=O)C1. The lowest BCUT2D eigenvalue weighted by Gasteiger charge is -2.61. The summed E-state index contributed by atoms with van der Waals surface area (Å²) in [6, 6.07) is 0. The zero-order valence-corrected chi connectivity index (χ0v) is 17.7. The quantitative estimate of drug-likeness (QED) is 0.705. The van der Waals surface area contributed by atoms with Crippen LogP contribution >= 0.6 is 0 Å². The number of ether oxygens (including phenoxy) is 1. The number of hydrogen-bond donors (Lipinski definition) is 2. The minimum atomic E-state index is -1.60. The molecule has 4 rings (SSSR count). The molecule has 0 aliphatic heterocycles. The van der Waals surface area contributed by atoms with Crippen molar-refractivity contribution in [1.29, 1.82) is 0 Å². The van der Waals surface area contributed by atoms with Crippen LogP contribution in [-0.2, 0) is 14.3 Å². The number of carbonyl (C=O) groups excluding carboxylic acids is 2. The van der Waals surface area contributed by atoms with Gasteiger partial charge >= 0.3 is 5.97 Å². The van der Waals surface area contributed by atoms with Crippen molar-refractivity contribution < 1.29 is 24.5 Å². The normalized spacial score (nSPS) is 52.9. The molecule has 5 nitrogen and oxygen atoms in total. The molecule has 4 saturated carbocycles. The highest BCUT2D eigenvalue weighted by atomic mass is 16.5. The van der Waals surface area contributed by atoms with Gasteiger partial charge < -0.3 is 14.9 Å². The summed E-state index contributed by atoms with van der Waals surface area (Å²) >= 11 is 0. The molecule has 5 heteroatoms. The highest BCUT2D eigenvalue weighted by molar-refractivity contribution is 5.87. The number of ketones is 1. The van der Waals surface area contributed by atoms with Gasteiger partial charge in [-0.1, -0.05) is 13.8 Å². The average molecular weight is 393 g/mol. The topological polar surface area (TPSA) is 83.8 Å². The third kappa shape index (κ3) is 2.57. The molecule has 0 radical (unpaired) electrons. The molecule has 0 aromatic rings. The molecule has 0 unspecified atom stereocenters. The molecule has 0 heterocycles. The monoisotopic (exact) mass is 392 g/mol. The molecule has 2 N–H and O–H groups in total. The van der Waals surface area contributed by atoms with Gasteiger partial charge in [0.1, 0.15) is 6.10 Å². The fourth-order valence-electron chi connectivity index (χ4n) is 8.22. The summed E-state index contributed by atoms with van der Waals surface area (Å²) in [5.41, 5.74) is -1.91. The van der Waals surface area contributed by atoms with Crippen molar-refractivity contribution in [2.75, 3.05) is 0 Å². The van der Waals surface area contributed by atoms with E-state index in [0.29, 0.717) is 24.2 Å². The van der Waals surface area contributed by atoms with Gasteiger partial charge in [-0.3, -0.25) is 9.59 Å². The smallest absolute Gasteiger partial charge is 0.302 e. The zero-order valence-electron chi connectivity index (χ0n) is 17.7. The van der Waals surface area contributed by atoms with Gasteiger partial charge in [0.15, 0.2) is 11.4 Å². The first-order valence-electron chi connectivity index (χ1n) is 11.1. The maximum atomic E-state index is 12.4. The summed E-state index contributed by atoms with van der Waals surface area (Å²) < 4.78 is 5.53. The first-order chi connectivity index (χ1) is 13.0. The lowest BCUT2D eigenvalue weighted by atomic mass is 9.44. The van der Waals surface area contributed by atoms with Crippen LogP contribution in [0.5, 0.6) is 0 Å². The van der Waals surface area contributed by atoms with Crippen LogP contribution in [0.25, 0.3) is 0 Å². The number of rotatable bonds is 2. The molecule has 0 aromatic carbocycles. The minimum absolute atomic E-state index is 0.0529. The van der Waals surface area contributed by atoms with Crippen LogP contribution in [0.4, 0.5) is 0 Å². The van der Waals surface area contributed by atoms with Gasteiger partial charge in [-0.05, 0) is 87.4 Å². The van der Waals surface area contributed by atoms with E-state index in [4.69, 9.17) is 4.74 Å². The van der Waals surface area contributed by atoms with Crippen LogP contribution in [0.1, 0.15) is 79.1 Å². The van der Waals surface area contributed by atoms with Crippen molar-refractivity contribution in [3.8, 4) is 0 Å². The van der Waals surface area contributed by atoms with E-state index < -0.39 is 17.1 Å². The van der Waals surface area contributed by atoms with Crippen molar-refractivity contribution in [3.63, 3.8) is 0 Å². The highest BCUT2D eigenvalue weighted by Gasteiger charge is 2.69. The van der Waals surface area contributed by atoms with E-state index in [2.05, 4.69) is 6.92 Å². The summed E-state index contributed by atoms with van der Waals surface area (Å²) in [4.78, 5) is 23.8. The van der Waals surface area contributed by atoms with E-state index in [0.717, 1.165) is 44.9 Å². The minimum Gasteiger partial charge on any atom is -0.463 e. The second kappa shape index (κ2) is 6.53. The van der Waals surface area contributed by atoms with E-state index in [1.807, 2.05) is 6.92 Å². The van der Waals surface area contributed by atoms with Gasteiger partial charge in [0.05, 0.1) is 6.10 Å². The van der Waals surface area contributed by atoms with Gasteiger partial charge in [-0.2, -0.15) is 0 Å². The number of aliphatic hydroxyl groups excluding tert-OH is 1. The summed E-state index contributed by atoms with van der Waals surface area (Å²) in [5, 5.41) is 21.9. The van der Waals surface area contributed by atoms with E-state index in [9.17, 15) is 19.8 Å². The van der Waals surface area contributed by atoms with Crippen molar-refractivity contribution in [3.05, 3.63) is 0 Å². The largest absolute Gasteiger partial charge is 0.463 e. The number of hydrogen-bond acceptors (Lipinski definition) is 5. The standard InChI is InChI=1S/C23H36O5/c1-13(24)23(27)20(26)12-19-17-6-5-15-11-16(28-14(2)25)7-9-21(15,3)18(17)8-10-22(19,23)4/h15-20,26-27H,5-12H2,1-4H3/t15-,16-,17-,18+,19-,20+,21-,22+,23+/m0/s1. The second-order valence-corrected chi connectivity index (χ2v) is 10.7. The fourth-order valence-corrected chi connectivity index (χ4v) is 8.22. The molecule has 0 aromatic heterocycles. The zero-order chi connectivity index (χ0) is 20.5. The molecule has 4 aliphatic carbocycles. The van der Waals surface area contributed by atoms with Crippen LogP contribution < -0.4 is 0 Å². The first-order valence-corrected chi connectivity index (χ1v) is 11.1. The van der Waals surface area contributed by atoms with Crippen LogP contribution in [0, 0.1) is 34.5 Å². The van der Waals surface area contributed by atoms with Crippen molar-refractivity contribution in [2.45, 2.75) is 96.9 Å². The van der Waals surface area contributed by atoms with E-state index in [1.165, 1.54) is 13.8 Å². The number of fused-ring (bicyclic) bond motifs is 5. The molecule has 0 bridgehead atoms. The Kier molecular flexibility index (Phi) is 4.74. The molecule has 158 valence electrons. The Bertz CT molecular complexity index is 676. The second-order valence-electron chi connectivity index (χ2n) is 10.7. The highest BCUT2D eigenvalue weighted by Crippen LogP contribution is 2.68. The molecular weight excluding hydrogens is 356 g/mol. The lowest BCUT2D eigenvalue weighted by Crippen LogP contribution is -2.60. The lowest BCUT2D eigenvalue weighted by molar-refractivity contribution is -0.183. The predicted molar refractivity (Wildman–Crippen MR) is 104 cm³/mol. The first kappa shape index (κ1) is 20.3. The van der Waals surface area contributed by atoms with Gasteiger partial charge in [0.25, 0.3) is 0 Å². The summed E-state index contributed by atoms with van der Waals surface area (Å²) in [6.45, 7) is 7.38. The third-order valence-electron chi connectivity index (χ3n) is 9.71. The van der Waals surface area contributed by atoms with Crippen LogP contribution in [-0.4, -0.2) is 39.8 Å². The van der Waals surface area contributed by atoms with E-state index in [1.54, 1.807) is 0 Å². The van der Waals surface area contributed by atoms with Crippen LogP contribution in [0.15, 0.2) is 0 Å². The van der Waals surface area contributed by atoms with Gasteiger partial charge in [-0.15, -0.1) is 0 Å². The molecule has 9 atom stereocenters. The van der Waals surface area contributed by atoms with E-state index >= 15 is 0 Å². The van der Waals surface area contributed by atoms with E-state index in [-0.39, 0.29) is 29.2 Å². The third-order valence-corrected chi connectivity index (χ3v) is 9.71. The van der Waals surface area contributed by atoms with Crippen molar-refractivity contribution in [1.82, 2.24) is 0 Å². The average Bonchev–Trinajstić information content (AvgIpc) is 2.83. The van der Waals surface area contributed by atoms with Gasteiger partial charge in [0.2, 0.25) is 0 Å². The number of Topliss-reactive ketones (excluding diaryl/α,β-unsaturated/α-hetero) is 1. The molecule has 28 heavy (non-hydrogen) atoms. The number of carbonyl (C=O) groups is 2. The molecule has 0 amide bonds. The number of esters is 1. The molecule has 4 aliphatic rings. The van der Waals surface area contributed by atoms with Crippen LogP contribution in [0.3, 0.4) is 0 Å². The Morgan fingerprint density at radius 2 is 1.68 bits per heavy atom. The molecule has 0 saturated heterocycles. The Morgan fingerprint density at radius 1 is 0.964 bits per heavy atom. The predicted octanol–water partition coefficient (Wildman–Crippen LogP) is 3.25. The van der Waals surface area contributed by atoms with Gasteiger partial charge in [-0.25, -0.2) is 0 Å². The fraction of sp³-hybridized carbons (Fsp3) is 0.913. The summed E-state index contributed by atoms with van der Waals surface area (Å²) in [5.74, 6) is 1.30. The summed E-state index contributed by atoms with van der Waals surface area (Å²) in [7, 11) is 0. The Balaban J connectivity index is 1.59. The van der Waals surface area contributed by atoms with Gasteiger partial charge in [0, 0.05) is 12.3 Å². The maximum Gasteiger partial charge on any atom is 0.302 e. The molecule has 0 spiro atoms. The summed E-state index contributed by atoms with van der Waals surface area (Å²) in [6.07, 6.45) is 6.58. The van der Waals surface area contributed by atoms with Crippen LogP contribution in [0.2, 0.25) is 0 Å². The van der Waals surface area contributed by atoms with Crippen molar-refractivity contribution in [2.24, 2.45) is 34.5 Å². The Labute approximate surface area is 168 Å². The molecular formula is C23H36O5.